The summed E-state index contributed by atoms with van der Waals surface area (Å²) >= 11 is 1.49. The Kier molecular flexibility index (Phi) is 4.87. The molecule has 3 nitrogen and oxygen atoms in total. The number of ether oxygens (including phenoxy) is 1. The summed E-state index contributed by atoms with van der Waals surface area (Å²) in [6.07, 6.45) is 0. The Hall–Kier alpha value is -2.72. The second kappa shape index (κ2) is 7.23. The minimum absolute atomic E-state index is 0.00122. The average molecular weight is 336 g/mol. The van der Waals surface area contributed by atoms with Gasteiger partial charge in [-0.3, -0.25) is 4.79 Å². The summed E-state index contributed by atoms with van der Waals surface area (Å²) in [5, 5.41) is 3.82. The highest BCUT2D eigenvalue weighted by Crippen LogP contribution is 2.29. The summed E-state index contributed by atoms with van der Waals surface area (Å²) in [6.45, 7) is 2.12. The van der Waals surface area contributed by atoms with Gasteiger partial charge in [-0.1, -0.05) is 42.5 Å². The van der Waals surface area contributed by atoms with Crippen LogP contribution in [-0.4, -0.2) is 18.4 Å². The number of carbonyl (C=O) groups excluding carboxylic acids is 2. The lowest BCUT2D eigenvalue weighted by Crippen LogP contribution is -2.04. The lowest BCUT2D eigenvalue weighted by molar-refractivity contribution is 0.0526. The van der Waals surface area contributed by atoms with Gasteiger partial charge in [0.2, 0.25) is 0 Å². The molecule has 0 N–H and O–H groups in total. The molecule has 2 aromatic carbocycles. The smallest absolute Gasteiger partial charge is 0.338 e. The van der Waals surface area contributed by atoms with Crippen LogP contribution < -0.4 is 0 Å². The molecule has 0 bridgehead atoms. The molecule has 0 aliphatic carbocycles. The molecule has 3 rings (SSSR count). The number of hydrogen-bond acceptors (Lipinski definition) is 4. The Balaban J connectivity index is 1.90. The van der Waals surface area contributed by atoms with Crippen molar-refractivity contribution in [2.24, 2.45) is 0 Å². The van der Waals surface area contributed by atoms with Crippen molar-refractivity contribution in [1.82, 2.24) is 0 Å². The van der Waals surface area contributed by atoms with Crippen LogP contribution in [0, 0.1) is 0 Å². The van der Waals surface area contributed by atoms with Crippen LogP contribution in [-0.2, 0) is 4.74 Å². The molecule has 120 valence electrons. The van der Waals surface area contributed by atoms with E-state index in [2.05, 4.69) is 0 Å². The van der Waals surface area contributed by atoms with Crippen LogP contribution in [0.3, 0.4) is 0 Å². The molecule has 0 saturated carbocycles. The molecule has 1 aromatic heterocycles. The van der Waals surface area contributed by atoms with Crippen LogP contribution in [0.4, 0.5) is 0 Å². The van der Waals surface area contributed by atoms with E-state index >= 15 is 0 Å². The fourth-order valence-electron chi connectivity index (χ4n) is 2.44. The monoisotopic (exact) mass is 336 g/mol. The van der Waals surface area contributed by atoms with Crippen molar-refractivity contribution in [1.29, 1.82) is 0 Å². The van der Waals surface area contributed by atoms with Crippen LogP contribution in [0.25, 0.3) is 11.1 Å². The summed E-state index contributed by atoms with van der Waals surface area (Å²) in [5.74, 6) is -0.337. The Labute approximate surface area is 144 Å². The largest absolute Gasteiger partial charge is 0.462 e. The quantitative estimate of drug-likeness (QED) is 0.495. The minimum Gasteiger partial charge on any atom is -0.462 e. The minimum atomic E-state index is -0.338. The zero-order valence-corrected chi connectivity index (χ0v) is 14.0. The predicted molar refractivity (Wildman–Crippen MR) is 95.6 cm³/mol. The van der Waals surface area contributed by atoms with Gasteiger partial charge in [-0.25, -0.2) is 4.79 Å². The lowest BCUT2D eigenvalue weighted by Gasteiger charge is -2.06. The molecule has 0 fully saturated rings. The fraction of sp³-hybridized carbons (Fsp3) is 0.100. The van der Waals surface area contributed by atoms with E-state index in [1.807, 2.05) is 53.2 Å². The van der Waals surface area contributed by atoms with E-state index < -0.39 is 0 Å². The van der Waals surface area contributed by atoms with Crippen molar-refractivity contribution < 1.29 is 14.3 Å². The standard InChI is InChI=1S/C20H16O3S/c1-2-23-20(22)16-10-8-14(9-11-16)17-12-24-13-18(17)19(21)15-6-4-3-5-7-15/h3-13H,2H2,1H3. The maximum atomic E-state index is 12.7. The van der Waals surface area contributed by atoms with E-state index in [9.17, 15) is 9.59 Å². The molecular formula is C20H16O3S. The maximum Gasteiger partial charge on any atom is 0.338 e. The first kappa shape index (κ1) is 16.1. The topological polar surface area (TPSA) is 43.4 Å². The van der Waals surface area contributed by atoms with E-state index in [1.54, 1.807) is 19.1 Å². The third-order valence-corrected chi connectivity index (χ3v) is 4.39. The number of esters is 1. The van der Waals surface area contributed by atoms with Gasteiger partial charge in [-0.05, 0) is 30.0 Å². The van der Waals surface area contributed by atoms with Crippen LogP contribution in [0.5, 0.6) is 0 Å². The molecule has 0 radical (unpaired) electrons. The van der Waals surface area contributed by atoms with Gasteiger partial charge in [0.05, 0.1) is 12.2 Å². The van der Waals surface area contributed by atoms with Crippen LogP contribution >= 0.6 is 11.3 Å². The third-order valence-electron chi connectivity index (χ3n) is 3.65. The average Bonchev–Trinajstić information content (AvgIpc) is 3.12. The SMILES string of the molecule is CCOC(=O)c1ccc(-c2cscc2C(=O)c2ccccc2)cc1. The number of rotatable bonds is 5. The van der Waals surface area contributed by atoms with Gasteiger partial charge in [-0.2, -0.15) is 11.3 Å². The number of hydrogen-bond donors (Lipinski definition) is 0. The molecule has 3 aromatic rings. The molecule has 0 unspecified atom stereocenters. The maximum absolute atomic E-state index is 12.7. The number of ketones is 1. The number of benzene rings is 2. The zero-order valence-electron chi connectivity index (χ0n) is 13.2. The number of thiophene rings is 1. The summed E-state index contributed by atoms with van der Waals surface area (Å²) < 4.78 is 4.99. The Morgan fingerprint density at radius 2 is 1.62 bits per heavy atom. The van der Waals surface area contributed by atoms with E-state index in [4.69, 9.17) is 4.74 Å². The lowest BCUT2D eigenvalue weighted by atomic mass is 9.97. The van der Waals surface area contributed by atoms with Crippen LogP contribution in [0.15, 0.2) is 65.4 Å². The first-order valence-electron chi connectivity index (χ1n) is 7.64. The normalized spacial score (nSPS) is 10.4. The van der Waals surface area contributed by atoms with Crippen molar-refractivity contribution in [3.63, 3.8) is 0 Å². The summed E-state index contributed by atoms with van der Waals surface area (Å²) in [5.41, 5.74) is 3.63. The molecule has 0 aliphatic rings. The van der Waals surface area contributed by atoms with Gasteiger partial charge >= 0.3 is 5.97 Å². The molecule has 0 spiro atoms. The Bertz CT molecular complexity index is 848. The zero-order chi connectivity index (χ0) is 16.9. The van der Waals surface area contributed by atoms with Crippen LogP contribution in [0.1, 0.15) is 33.2 Å². The fourth-order valence-corrected chi connectivity index (χ4v) is 3.28. The summed E-state index contributed by atoms with van der Waals surface area (Å²) in [4.78, 5) is 24.4. The first-order chi connectivity index (χ1) is 11.7. The molecule has 4 heteroatoms. The van der Waals surface area contributed by atoms with Gasteiger partial charge in [0, 0.05) is 22.1 Å². The molecule has 0 atom stereocenters. The highest BCUT2D eigenvalue weighted by molar-refractivity contribution is 7.08. The van der Waals surface area contributed by atoms with Gasteiger partial charge in [-0.15, -0.1) is 0 Å². The predicted octanol–water partition coefficient (Wildman–Crippen LogP) is 4.82. The van der Waals surface area contributed by atoms with Crippen molar-refractivity contribution in [3.8, 4) is 11.1 Å². The number of carbonyl (C=O) groups is 2. The highest BCUT2D eigenvalue weighted by atomic mass is 32.1. The Morgan fingerprint density at radius 1 is 0.917 bits per heavy atom. The summed E-state index contributed by atoms with van der Waals surface area (Å²) in [6, 6.07) is 16.4. The molecular weight excluding hydrogens is 320 g/mol. The molecule has 0 amide bonds. The Morgan fingerprint density at radius 3 is 2.29 bits per heavy atom. The van der Waals surface area contributed by atoms with Crippen molar-refractivity contribution in [2.45, 2.75) is 6.92 Å². The van der Waals surface area contributed by atoms with Gasteiger partial charge in [0.1, 0.15) is 0 Å². The van der Waals surface area contributed by atoms with E-state index in [-0.39, 0.29) is 11.8 Å². The van der Waals surface area contributed by atoms with Crippen molar-refractivity contribution in [2.75, 3.05) is 6.61 Å². The summed E-state index contributed by atoms with van der Waals surface area (Å²) in [7, 11) is 0. The van der Waals surface area contributed by atoms with E-state index in [1.165, 1.54) is 11.3 Å². The first-order valence-corrected chi connectivity index (χ1v) is 8.58. The van der Waals surface area contributed by atoms with E-state index in [0.29, 0.717) is 23.3 Å². The van der Waals surface area contributed by atoms with Crippen LogP contribution in [0.2, 0.25) is 0 Å². The molecule has 24 heavy (non-hydrogen) atoms. The molecule has 0 saturated heterocycles. The highest BCUT2D eigenvalue weighted by Gasteiger charge is 2.16. The second-order valence-corrected chi connectivity index (χ2v) is 5.94. The molecule has 0 aliphatic heterocycles. The molecule has 1 heterocycles. The van der Waals surface area contributed by atoms with Crippen molar-refractivity contribution in [3.05, 3.63) is 82.0 Å². The van der Waals surface area contributed by atoms with E-state index in [0.717, 1.165) is 11.1 Å². The van der Waals surface area contributed by atoms with Gasteiger partial charge < -0.3 is 4.74 Å². The second-order valence-electron chi connectivity index (χ2n) is 5.19. The third kappa shape index (κ3) is 3.29. The van der Waals surface area contributed by atoms with Crippen molar-refractivity contribution >= 4 is 23.1 Å². The van der Waals surface area contributed by atoms with Gasteiger partial charge in [0.15, 0.2) is 5.78 Å². The van der Waals surface area contributed by atoms with Gasteiger partial charge in [0.25, 0.3) is 0 Å².